The van der Waals surface area contributed by atoms with Crippen molar-refractivity contribution in [1.82, 2.24) is 9.55 Å². The van der Waals surface area contributed by atoms with E-state index in [0.29, 0.717) is 12.4 Å². The highest BCUT2D eigenvalue weighted by Gasteiger charge is 2.20. The highest BCUT2D eigenvalue weighted by atomic mass is 16.5. The third-order valence-corrected chi connectivity index (χ3v) is 5.52. The summed E-state index contributed by atoms with van der Waals surface area (Å²) in [4.78, 5) is 4.77. The van der Waals surface area contributed by atoms with Crippen molar-refractivity contribution in [2.24, 2.45) is 0 Å². The van der Waals surface area contributed by atoms with Gasteiger partial charge in [-0.3, -0.25) is 0 Å². The Bertz CT molecular complexity index is 1140. The largest absolute Gasteiger partial charge is 0.497 e. The van der Waals surface area contributed by atoms with E-state index in [1.54, 1.807) is 7.11 Å². The number of ether oxygens (including phenoxy) is 1. The van der Waals surface area contributed by atoms with Crippen LogP contribution in [0.4, 0.5) is 0 Å². The number of para-hydroxylation sites is 2. The molecular formula is C26H28N2O2. The Morgan fingerprint density at radius 1 is 0.933 bits per heavy atom. The van der Waals surface area contributed by atoms with Gasteiger partial charge < -0.3 is 14.4 Å². The summed E-state index contributed by atoms with van der Waals surface area (Å²) in [6, 6.07) is 24.2. The van der Waals surface area contributed by atoms with E-state index in [0.717, 1.165) is 22.3 Å². The molecule has 1 atom stereocenters. The number of nitrogens with zero attached hydrogens (tertiary/aromatic N) is 2. The minimum absolute atomic E-state index is 0.121. The van der Waals surface area contributed by atoms with E-state index >= 15 is 0 Å². The Balaban J connectivity index is 1.73. The molecule has 0 bridgehead atoms. The number of hydrogen-bond acceptors (Lipinski definition) is 3. The maximum absolute atomic E-state index is 11.1. The molecule has 0 radical (unpaired) electrons. The van der Waals surface area contributed by atoms with Crippen molar-refractivity contribution in [3.05, 3.63) is 95.3 Å². The SMILES string of the molecule is COc1ccc(C(O)c2nc3ccccc3n2Cc2ccc(C(C)(C)C)cc2)cc1. The minimum Gasteiger partial charge on any atom is -0.497 e. The quantitative estimate of drug-likeness (QED) is 0.483. The van der Waals surface area contributed by atoms with E-state index < -0.39 is 6.10 Å². The lowest BCUT2D eigenvalue weighted by Crippen LogP contribution is -2.12. The summed E-state index contributed by atoms with van der Waals surface area (Å²) >= 11 is 0. The van der Waals surface area contributed by atoms with Gasteiger partial charge in [-0.1, -0.05) is 69.3 Å². The summed E-state index contributed by atoms with van der Waals surface area (Å²) in [7, 11) is 1.63. The van der Waals surface area contributed by atoms with Crippen LogP contribution in [0.15, 0.2) is 72.8 Å². The lowest BCUT2D eigenvalue weighted by Gasteiger charge is -2.20. The second kappa shape index (κ2) is 7.96. The summed E-state index contributed by atoms with van der Waals surface area (Å²) in [5.74, 6) is 1.40. The second-order valence-corrected chi connectivity index (χ2v) is 8.67. The van der Waals surface area contributed by atoms with E-state index in [1.807, 2.05) is 42.5 Å². The molecule has 1 unspecified atom stereocenters. The summed E-state index contributed by atoms with van der Waals surface area (Å²) in [6.07, 6.45) is -0.822. The highest BCUT2D eigenvalue weighted by Crippen LogP contribution is 2.28. The van der Waals surface area contributed by atoms with Gasteiger partial charge in [-0.15, -0.1) is 0 Å². The molecule has 1 aromatic heterocycles. The predicted molar refractivity (Wildman–Crippen MR) is 121 cm³/mol. The second-order valence-electron chi connectivity index (χ2n) is 8.67. The molecule has 0 aliphatic heterocycles. The van der Waals surface area contributed by atoms with Crippen LogP contribution in [-0.2, 0) is 12.0 Å². The van der Waals surface area contributed by atoms with Crippen LogP contribution in [0.2, 0.25) is 0 Å². The normalized spacial score (nSPS) is 12.8. The maximum Gasteiger partial charge on any atom is 0.143 e. The van der Waals surface area contributed by atoms with Crippen molar-refractivity contribution in [1.29, 1.82) is 0 Å². The number of rotatable bonds is 5. The number of aliphatic hydroxyl groups is 1. The lowest BCUT2D eigenvalue weighted by molar-refractivity contribution is 0.206. The van der Waals surface area contributed by atoms with Gasteiger partial charge in [-0.05, 0) is 46.4 Å². The van der Waals surface area contributed by atoms with Crippen molar-refractivity contribution >= 4 is 11.0 Å². The Hall–Kier alpha value is -3.11. The van der Waals surface area contributed by atoms with E-state index in [9.17, 15) is 5.11 Å². The third kappa shape index (κ3) is 3.96. The average molecular weight is 401 g/mol. The van der Waals surface area contributed by atoms with Crippen molar-refractivity contribution in [3.8, 4) is 5.75 Å². The lowest BCUT2D eigenvalue weighted by atomic mass is 9.87. The first-order valence-corrected chi connectivity index (χ1v) is 10.2. The van der Waals surface area contributed by atoms with E-state index in [2.05, 4.69) is 55.7 Å². The molecule has 4 aromatic rings. The Morgan fingerprint density at radius 2 is 1.60 bits per heavy atom. The average Bonchev–Trinajstić information content (AvgIpc) is 3.11. The smallest absolute Gasteiger partial charge is 0.143 e. The zero-order chi connectivity index (χ0) is 21.3. The van der Waals surface area contributed by atoms with Gasteiger partial charge in [0.2, 0.25) is 0 Å². The first-order chi connectivity index (χ1) is 14.4. The molecule has 0 aliphatic carbocycles. The predicted octanol–water partition coefficient (Wildman–Crippen LogP) is 5.47. The number of fused-ring (bicyclic) bond motifs is 1. The van der Waals surface area contributed by atoms with Crippen LogP contribution < -0.4 is 4.74 Å². The fourth-order valence-electron chi connectivity index (χ4n) is 3.70. The number of benzene rings is 3. The van der Waals surface area contributed by atoms with Crippen LogP contribution in [-0.4, -0.2) is 21.8 Å². The molecule has 4 rings (SSSR count). The van der Waals surface area contributed by atoms with Crippen LogP contribution in [0.1, 0.15) is 49.4 Å². The molecule has 1 heterocycles. The number of aliphatic hydroxyl groups excluding tert-OH is 1. The van der Waals surface area contributed by atoms with Crippen molar-refractivity contribution in [2.75, 3.05) is 7.11 Å². The molecular weight excluding hydrogens is 372 g/mol. The van der Waals surface area contributed by atoms with Crippen molar-refractivity contribution in [2.45, 2.75) is 38.8 Å². The third-order valence-electron chi connectivity index (χ3n) is 5.52. The summed E-state index contributed by atoms with van der Waals surface area (Å²) in [5, 5.41) is 11.1. The van der Waals surface area contributed by atoms with Gasteiger partial charge in [0.15, 0.2) is 0 Å². The van der Waals surface area contributed by atoms with Crippen molar-refractivity contribution in [3.63, 3.8) is 0 Å². The Morgan fingerprint density at radius 3 is 2.23 bits per heavy atom. The van der Waals surface area contributed by atoms with Gasteiger partial charge in [0.1, 0.15) is 17.7 Å². The molecule has 0 amide bonds. The molecule has 0 spiro atoms. The van der Waals surface area contributed by atoms with Gasteiger partial charge in [0.05, 0.1) is 18.1 Å². The number of hydrogen-bond donors (Lipinski definition) is 1. The zero-order valence-corrected chi connectivity index (χ0v) is 18.0. The van der Waals surface area contributed by atoms with E-state index in [-0.39, 0.29) is 5.41 Å². The van der Waals surface area contributed by atoms with Crippen LogP contribution in [0.3, 0.4) is 0 Å². The highest BCUT2D eigenvalue weighted by molar-refractivity contribution is 5.76. The minimum atomic E-state index is -0.822. The van der Waals surface area contributed by atoms with Crippen molar-refractivity contribution < 1.29 is 9.84 Å². The fraction of sp³-hybridized carbons (Fsp3) is 0.269. The van der Waals surface area contributed by atoms with Crippen LogP contribution in [0.5, 0.6) is 5.75 Å². The molecule has 0 aliphatic rings. The number of methoxy groups -OCH3 is 1. The monoisotopic (exact) mass is 400 g/mol. The molecule has 154 valence electrons. The number of imidazole rings is 1. The summed E-state index contributed by atoms with van der Waals surface area (Å²) < 4.78 is 7.34. The molecule has 4 heteroatoms. The first-order valence-electron chi connectivity index (χ1n) is 10.2. The van der Waals surface area contributed by atoms with E-state index in [1.165, 1.54) is 11.1 Å². The standard InChI is InChI=1S/C26H28N2O2/c1-26(2,3)20-13-9-18(10-14-20)17-28-23-8-6-5-7-22(23)27-25(28)24(29)19-11-15-21(30-4)16-12-19/h5-16,24,29H,17H2,1-4H3. The summed E-state index contributed by atoms with van der Waals surface area (Å²) in [5.41, 5.74) is 5.28. The fourth-order valence-corrected chi connectivity index (χ4v) is 3.70. The topological polar surface area (TPSA) is 47.3 Å². The molecule has 1 N–H and O–H groups in total. The van der Waals surface area contributed by atoms with Gasteiger partial charge >= 0.3 is 0 Å². The zero-order valence-electron chi connectivity index (χ0n) is 18.0. The molecule has 30 heavy (non-hydrogen) atoms. The molecule has 0 fully saturated rings. The molecule has 4 nitrogen and oxygen atoms in total. The molecule has 0 saturated heterocycles. The van der Waals surface area contributed by atoms with Crippen LogP contribution >= 0.6 is 0 Å². The van der Waals surface area contributed by atoms with Gasteiger partial charge in [0, 0.05) is 6.54 Å². The van der Waals surface area contributed by atoms with Gasteiger partial charge in [-0.25, -0.2) is 4.98 Å². The summed E-state index contributed by atoms with van der Waals surface area (Å²) in [6.45, 7) is 7.30. The van der Waals surface area contributed by atoms with Gasteiger partial charge in [-0.2, -0.15) is 0 Å². The van der Waals surface area contributed by atoms with Crippen LogP contribution in [0, 0.1) is 0 Å². The Labute approximate surface area is 177 Å². The van der Waals surface area contributed by atoms with Gasteiger partial charge in [0.25, 0.3) is 0 Å². The van der Waals surface area contributed by atoms with E-state index in [4.69, 9.17) is 9.72 Å². The number of aromatic nitrogens is 2. The van der Waals surface area contributed by atoms with Crippen LogP contribution in [0.25, 0.3) is 11.0 Å². The first kappa shape index (κ1) is 20.2. The molecule has 0 saturated carbocycles. The molecule has 3 aromatic carbocycles. The maximum atomic E-state index is 11.1. The Kier molecular flexibility index (Phi) is 5.35.